The normalized spacial score (nSPS) is 23.8. The van der Waals surface area contributed by atoms with Gasteiger partial charge in [0.1, 0.15) is 0 Å². The molecule has 5 heteroatoms. The van der Waals surface area contributed by atoms with Gasteiger partial charge in [-0.05, 0) is 24.8 Å². The standard InChI is InChI=1S/C14H17NO4/c16-12(9-4-2-1-3-5-9)13(17)15-11-7-6-10(8-11)14(18)19/h1-5,10-12,16H,6-8H2,(H,15,17)(H,18,19). The summed E-state index contributed by atoms with van der Waals surface area (Å²) < 4.78 is 0. The molecule has 1 aliphatic carbocycles. The van der Waals surface area contributed by atoms with Crippen LogP contribution in [0.3, 0.4) is 0 Å². The Labute approximate surface area is 111 Å². The van der Waals surface area contributed by atoms with Gasteiger partial charge in [-0.2, -0.15) is 0 Å². The van der Waals surface area contributed by atoms with Gasteiger partial charge in [-0.15, -0.1) is 0 Å². The molecule has 2 rings (SSSR count). The predicted molar refractivity (Wildman–Crippen MR) is 68.3 cm³/mol. The summed E-state index contributed by atoms with van der Waals surface area (Å²) >= 11 is 0. The fourth-order valence-electron chi connectivity index (χ4n) is 2.40. The smallest absolute Gasteiger partial charge is 0.306 e. The number of hydrogen-bond acceptors (Lipinski definition) is 3. The number of carboxylic acid groups (broad SMARTS) is 1. The topological polar surface area (TPSA) is 86.6 Å². The number of nitrogens with one attached hydrogen (secondary N) is 1. The highest BCUT2D eigenvalue weighted by atomic mass is 16.4. The van der Waals surface area contributed by atoms with Gasteiger partial charge in [0.2, 0.25) is 0 Å². The van der Waals surface area contributed by atoms with Crippen molar-refractivity contribution in [1.82, 2.24) is 5.32 Å². The maximum absolute atomic E-state index is 11.9. The highest BCUT2D eigenvalue weighted by Gasteiger charge is 2.31. The van der Waals surface area contributed by atoms with E-state index in [-0.39, 0.29) is 12.0 Å². The van der Waals surface area contributed by atoms with E-state index in [9.17, 15) is 14.7 Å². The Balaban J connectivity index is 1.90. The molecule has 0 aromatic heterocycles. The van der Waals surface area contributed by atoms with Crippen LogP contribution in [0.2, 0.25) is 0 Å². The number of aliphatic carboxylic acids is 1. The number of aliphatic hydroxyl groups excluding tert-OH is 1. The lowest BCUT2D eigenvalue weighted by atomic mass is 10.1. The van der Waals surface area contributed by atoms with Crippen LogP contribution in [0.1, 0.15) is 30.9 Å². The zero-order chi connectivity index (χ0) is 13.8. The molecule has 3 unspecified atom stereocenters. The summed E-state index contributed by atoms with van der Waals surface area (Å²) in [5.41, 5.74) is 0.535. The van der Waals surface area contributed by atoms with Crippen molar-refractivity contribution in [3.63, 3.8) is 0 Å². The van der Waals surface area contributed by atoms with Gasteiger partial charge < -0.3 is 15.5 Å². The van der Waals surface area contributed by atoms with Gasteiger partial charge in [0.05, 0.1) is 5.92 Å². The van der Waals surface area contributed by atoms with Crippen molar-refractivity contribution in [2.24, 2.45) is 5.92 Å². The minimum Gasteiger partial charge on any atom is -0.481 e. The summed E-state index contributed by atoms with van der Waals surface area (Å²) in [5, 5.41) is 21.5. The number of carbonyl (C=O) groups excluding carboxylic acids is 1. The Bertz CT molecular complexity index is 460. The number of hydrogen-bond donors (Lipinski definition) is 3. The third-order valence-corrected chi connectivity index (χ3v) is 3.49. The summed E-state index contributed by atoms with van der Waals surface area (Å²) in [6.07, 6.45) is 0.444. The van der Waals surface area contributed by atoms with Crippen LogP contribution in [0.5, 0.6) is 0 Å². The first-order chi connectivity index (χ1) is 9.08. The highest BCUT2D eigenvalue weighted by Crippen LogP contribution is 2.26. The molecule has 3 atom stereocenters. The van der Waals surface area contributed by atoms with E-state index in [1.807, 2.05) is 6.07 Å². The molecule has 0 heterocycles. The quantitative estimate of drug-likeness (QED) is 0.759. The second-order valence-electron chi connectivity index (χ2n) is 4.87. The van der Waals surface area contributed by atoms with Crippen molar-refractivity contribution in [3.8, 4) is 0 Å². The summed E-state index contributed by atoms with van der Waals surface area (Å²) in [4.78, 5) is 22.7. The molecule has 1 aromatic carbocycles. The number of benzene rings is 1. The molecule has 1 amide bonds. The number of rotatable bonds is 4. The second-order valence-corrected chi connectivity index (χ2v) is 4.87. The van der Waals surface area contributed by atoms with Gasteiger partial charge in [-0.25, -0.2) is 0 Å². The van der Waals surface area contributed by atoms with Crippen LogP contribution in [-0.2, 0) is 9.59 Å². The van der Waals surface area contributed by atoms with Crippen LogP contribution >= 0.6 is 0 Å². The van der Waals surface area contributed by atoms with Crippen LogP contribution in [0.25, 0.3) is 0 Å². The Kier molecular flexibility index (Phi) is 4.16. The summed E-state index contributed by atoms with van der Waals surface area (Å²) in [7, 11) is 0. The molecule has 0 spiro atoms. The summed E-state index contributed by atoms with van der Waals surface area (Å²) in [5.74, 6) is -1.68. The molecule has 0 bridgehead atoms. The maximum Gasteiger partial charge on any atom is 0.306 e. The third kappa shape index (κ3) is 3.32. The molecule has 3 N–H and O–H groups in total. The van der Waals surface area contributed by atoms with E-state index < -0.39 is 18.0 Å². The Morgan fingerprint density at radius 3 is 2.47 bits per heavy atom. The van der Waals surface area contributed by atoms with Gasteiger partial charge in [0.15, 0.2) is 6.10 Å². The number of amides is 1. The molecule has 5 nitrogen and oxygen atoms in total. The van der Waals surface area contributed by atoms with Crippen molar-refractivity contribution in [2.75, 3.05) is 0 Å². The molecule has 0 aliphatic heterocycles. The average Bonchev–Trinajstić information content (AvgIpc) is 2.87. The van der Waals surface area contributed by atoms with Crippen molar-refractivity contribution in [3.05, 3.63) is 35.9 Å². The van der Waals surface area contributed by atoms with E-state index in [1.54, 1.807) is 24.3 Å². The molecule has 1 fully saturated rings. The van der Waals surface area contributed by atoms with Crippen LogP contribution in [-0.4, -0.2) is 28.1 Å². The highest BCUT2D eigenvalue weighted by molar-refractivity contribution is 5.82. The monoisotopic (exact) mass is 263 g/mol. The minimum atomic E-state index is -1.20. The zero-order valence-corrected chi connectivity index (χ0v) is 10.5. The first kappa shape index (κ1) is 13.5. The number of aliphatic hydroxyl groups is 1. The van der Waals surface area contributed by atoms with E-state index in [2.05, 4.69) is 5.32 Å². The molecular weight excluding hydrogens is 246 g/mol. The van der Waals surface area contributed by atoms with Gasteiger partial charge in [0, 0.05) is 6.04 Å². The summed E-state index contributed by atoms with van der Waals surface area (Å²) in [6, 6.07) is 8.51. The SMILES string of the molecule is O=C(O)C1CCC(NC(=O)C(O)c2ccccc2)C1. The fraction of sp³-hybridized carbons (Fsp3) is 0.429. The molecule has 1 aliphatic rings. The van der Waals surface area contributed by atoms with Crippen molar-refractivity contribution in [1.29, 1.82) is 0 Å². The lowest BCUT2D eigenvalue weighted by molar-refractivity contribution is -0.141. The van der Waals surface area contributed by atoms with E-state index in [4.69, 9.17) is 5.11 Å². The van der Waals surface area contributed by atoms with Gasteiger partial charge in [-0.3, -0.25) is 9.59 Å². The van der Waals surface area contributed by atoms with Gasteiger partial charge >= 0.3 is 5.97 Å². The van der Waals surface area contributed by atoms with Crippen LogP contribution in [0.4, 0.5) is 0 Å². The van der Waals surface area contributed by atoms with Gasteiger partial charge in [0.25, 0.3) is 5.91 Å². The Hall–Kier alpha value is -1.88. The lowest BCUT2D eigenvalue weighted by Crippen LogP contribution is -2.36. The molecule has 0 saturated heterocycles. The van der Waals surface area contributed by atoms with E-state index in [0.29, 0.717) is 24.8 Å². The van der Waals surface area contributed by atoms with Crippen molar-refractivity contribution >= 4 is 11.9 Å². The molecule has 102 valence electrons. The molecule has 19 heavy (non-hydrogen) atoms. The van der Waals surface area contributed by atoms with E-state index >= 15 is 0 Å². The lowest BCUT2D eigenvalue weighted by Gasteiger charge is -2.16. The molecule has 0 radical (unpaired) electrons. The zero-order valence-electron chi connectivity index (χ0n) is 10.5. The first-order valence-corrected chi connectivity index (χ1v) is 6.34. The largest absolute Gasteiger partial charge is 0.481 e. The second kappa shape index (κ2) is 5.84. The van der Waals surface area contributed by atoms with Crippen LogP contribution < -0.4 is 5.32 Å². The van der Waals surface area contributed by atoms with E-state index in [1.165, 1.54) is 0 Å². The fourth-order valence-corrected chi connectivity index (χ4v) is 2.40. The average molecular weight is 263 g/mol. The predicted octanol–water partition coefficient (Wildman–Crippen LogP) is 1.09. The van der Waals surface area contributed by atoms with Crippen molar-refractivity contribution < 1.29 is 19.8 Å². The first-order valence-electron chi connectivity index (χ1n) is 6.34. The van der Waals surface area contributed by atoms with E-state index in [0.717, 1.165) is 0 Å². The van der Waals surface area contributed by atoms with Crippen LogP contribution in [0, 0.1) is 5.92 Å². The molecule has 1 saturated carbocycles. The molecule has 1 aromatic rings. The number of carboxylic acids is 1. The molecular formula is C14H17NO4. The van der Waals surface area contributed by atoms with Crippen LogP contribution in [0.15, 0.2) is 30.3 Å². The minimum absolute atomic E-state index is 0.160. The summed E-state index contributed by atoms with van der Waals surface area (Å²) in [6.45, 7) is 0. The Morgan fingerprint density at radius 2 is 1.89 bits per heavy atom. The third-order valence-electron chi connectivity index (χ3n) is 3.49. The van der Waals surface area contributed by atoms with Gasteiger partial charge in [-0.1, -0.05) is 30.3 Å². The van der Waals surface area contributed by atoms with Crippen molar-refractivity contribution in [2.45, 2.75) is 31.4 Å². The Morgan fingerprint density at radius 1 is 1.21 bits per heavy atom. The maximum atomic E-state index is 11.9. The number of carbonyl (C=O) groups is 2.